The fourth-order valence-corrected chi connectivity index (χ4v) is 0.972. The number of hydrogen-bond acceptors (Lipinski definition) is 2. The molecule has 0 aliphatic heterocycles. The first-order valence-electron chi connectivity index (χ1n) is 3.37. The zero-order chi connectivity index (χ0) is 8.27. The highest BCUT2D eigenvalue weighted by Gasteiger charge is 2.02. The molecule has 0 fully saturated rings. The Hall–Kier alpha value is -0.830. The maximum atomic E-state index is 10.0. The second kappa shape index (κ2) is 3.53. The van der Waals surface area contributed by atoms with E-state index in [2.05, 4.69) is 5.10 Å². The van der Waals surface area contributed by atoms with Crippen LogP contribution in [0.15, 0.2) is 6.20 Å². The van der Waals surface area contributed by atoms with Crippen molar-refractivity contribution in [2.24, 2.45) is 0 Å². The third-order valence-electron chi connectivity index (χ3n) is 1.40. The predicted molar refractivity (Wildman–Crippen MR) is 42.7 cm³/mol. The molecule has 0 aliphatic carbocycles. The summed E-state index contributed by atoms with van der Waals surface area (Å²) in [6, 6.07) is 0. The van der Waals surface area contributed by atoms with Crippen LogP contribution >= 0.6 is 11.6 Å². The van der Waals surface area contributed by atoms with Gasteiger partial charge in [-0.15, -0.1) is 0 Å². The van der Waals surface area contributed by atoms with Gasteiger partial charge in [-0.1, -0.05) is 11.6 Å². The van der Waals surface area contributed by atoms with Crippen LogP contribution in [0, 0.1) is 6.92 Å². The monoisotopic (exact) mass is 172 g/mol. The number of rotatable bonds is 3. The van der Waals surface area contributed by atoms with Crippen LogP contribution in [-0.4, -0.2) is 16.1 Å². The molecule has 1 aromatic heterocycles. The summed E-state index contributed by atoms with van der Waals surface area (Å²) in [7, 11) is 0. The van der Waals surface area contributed by atoms with E-state index in [1.54, 1.807) is 10.9 Å². The lowest BCUT2D eigenvalue weighted by molar-refractivity contribution is -0.108. The second-order valence-electron chi connectivity index (χ2n) is 2.30. The number of carbonyl (C=O) groups is 1. The van der Waals surface area contributed by atoms with Crippen molar-refractivity contribution < 1.29 is 4.79 Å². The smallest absolute Gasteiger partial charge is 0.129 e. The normalized spacial score (nSPS) is 10.0. The van der Waals surface area contributed by atoms with E-state index in [9.17, 15) is 4.79 Å². The van der Waals surface area contributed by atoms with E-state index < -0.39 is 0 Å². The molecule has 0 saturated heterocycles. The summed E-state index contributed by atoms with van der Waals surface area (Å²) in [6.07, 6.45) is 3.00. The number of aldehydes is 1. The minimum absolute atomic E-state index is 0.459. The van der Waals surface area contributed by atoms with Gasteiger partial charge in [0.05, 0.1) is 6.20 Å². The van der Waals surface area contributed by atoms with Gasteiger partial charge in [0.1, 0.15) is 11.4 Å². The molecule has 0 amide bonds. The van der Waals surface area contributed by atoms with Crippen molar-refractivity contribution in [2.45, 2.75) is 19.9 Å². The van der Waals surface area contributed by atoms with E-state index in [1.165, 1.54) is 0 Å². The summed E-state index contributed by atoms with van der Waals surface area (Å²) in [5.41, 5.74) is 0.942. The summed E-state index contributed by atoms with van der Waals surface area (Å²) >= 11 is 5.83. The molecule has 1 aromatic rings. The van der Waals surface area contributed by atoms with Gasteiger partial charge >= 0.3 is 0 Å². The van der Waals surface area contributed by atoms with Crippen LogP contribution in [-0.2, 0) is 11.3 Å². The molecule has 0 aliphatic rings. The highest BCUT2D eigenvalue weighted by molar-refractivity contribution is 6.30. The largest absolute Gasteiger partial charge is 0.303 e. The molecule has 60 valence electrons. The Balaban J connectivity index is 2.70. The molecule has 0 spiro atoms. The van der Waals surface area contributed by atoms with Crippen LogP contribution in [0.2, 0.25) is 5.15 Å². The van der Waals surface area contributed by atoms with Crippen molar-refractivity contribution in [1.82, 2.24) is 9.78 Å². The molecule has 11 heavy (non-hydrogen) atoms. The molecule has 1 rings (SSSR count). The standard InChI is InChI=1S/C7H9ClN2O/c1-6-5-9-10(7(6)8)3-2-4-11/h4-5H,2-3H2,1H3. The lowest BCUT2D eigenvalue weighted by atomic mass is 10.4. The van der Waals surface area contributed by atoms with E-state index in [1.807, 2.05) is 6.92 Å². The van der Waals surface area contributed by atoms with Gasteiger partial charge in [-0.05, 0) is 6.92 Å². The third-order valence-corrected chi connectivity index (χ3v) is 1.89. The molecule has 0 radical (unpaired) electrons. The van der Waals surface area contributed by atoms with Gasteiger partial charge in [-0.3, -0.25) is 4.68 Å². The van der Waals surface area contributed by atoms with Crippen LogP contribution in [0.4, 0.5) is 0 Å². The van der Waals surface area contributed by atoms with Gasteiger partial charge in [0.15, 0.2) is 0 Å². The maximum Gasteiger partial charge on any atom is 0.129 e. The Labute approximate surface area is 70.0 Å². The molecule has 0 unspecified atom stereocenters. The first kappa shape index (κ1) is 8.27. The van der Waals surface area contributed by atoms with Crippen molar-refractivity contribution in [3.05, 3.63) is 16.9 Å². The van der Waals surface area contributed by atoms with E-state index in [0.717, 1.165) is 11.8 Å². The van der Waals surface area contributed by atoms with Gasteiger partial charge in [0.25, 0.3) is 0 Å². The van der Waals surface area contributed by atoms with Crippen LogP contribution in [0.1, 0.15) is 12.0 Å². The van der Waals surface area contributed by atoms with E-state index in [-0.39, 0.29) is 0 Å². The summed E-state index contributed by atoms with van der Waals surface area (Å²) < 4.78 is 1.62. The predicted octanol–water partition coefficient (Wildman–Crippen LogP) is 1.43. The Morgan fingerprint density at radius 3 is 3.00 bits per heavy atom. The lowest BCUT2D eigenvalue weighted by Gasteiger charge is -1.97. The number of hydrogen-bond donors (Lipinski definition) is 0. The highest BCUT2D eigenvalue weighted by atomic mass is 35.5. The minimum Gasteiger partial charge on any atom is -0.303 e. The first-order chi connectivity index (χ1) is 5.25. The molecule has 0 N–H and O–H groups in total. The number of halogens is 1. The lowest BCUT2D eigenvalue weighted by Crippen LogP contribution is -2.00. The minimum atomic E-state index is 0.459. The third kappa shape index (κ3) is 1.80. The summed E-state index contributed by atoms with van der Waals surface area (Å²) in [4.78, 5) is 10.0. The average molecular weight is 173 g/mol. The molecule has 1 heterocycles. The van der Waals surface area contributed by atoms with Crippen LogP contribution in [0.3, 0.4) is 0 Å². The highest BCUT2D eigenvalue weighted by Crippen LogP contribution is 2.13. The fourth-order valence-electron chi connectivity index (χ4n) is 0.795. The molecule has 3 nitrogen and oxygen atoms in total. The quantitative estimate of drug-likeness (QED) is 0.647. The van der Waals surface area contributed by atoms with Crippen LogP contribution < -0.4 is 0 Å². The first-order valence-corrected chi connectivity index (χ1v) is 3.75. The molecule has 0 bridgehead atoms. The van der Waals surface area contributed by atoms with Crippen LogP contribution in [0.25, 0.3) is 0 Å². The fraction of sp³-hybridized carbons (Fsp3) is 0.429. The van der Waals surface area contributed by atoms with Gasteiger partial charge < -0.3 is 4.79 Å². The molecule has 0 aromatic carbocycles. The van der Waals surface area contributed by atoms with Crippen LogP contribution in [0.5, 0.6) is 0 Å². The van der Waals surface area contributed by atoms with Gasteiger partial charge in [-0.25, -0.2) is 0 Å². The van der Waals surface area contributed by atoms with Gasteiger partial charge in [0.2, 0.25) is 0 Å². The Morgan fingerprint density at radius 2 is 2.55 bits per heavy atom. The SMILES string of the molecule is Cc1cnn(CCC=O)c1Cl. The average Bonchev–Trinajstić information content (AvgIpc) is 2.31. The number of nitrogens with zero attached hydrogens (tertiary/aromatic N) is 2. The Kier molecular flexibility index (Phi) is 2.65. The van der Waals surface area contributed by atoms with E-state index in [0.29, 0.717) is 18.1 Å². The van der Waals surface area contributed by atoms with Crippen molar-refractivity contribution >= 4 is 17.9 Å². The van der Waals surface area contributed by atoms with Crippen molar-refractivity contribution in [3.8, 4) is 0 Å². The molecular weight excluding hydrogens is 164 g/mol. The Morgan fingerprint density at radius 1 is 1.82 bits per heavy atom. The van der Waals surface area contributed by atoms with Crippen molar-refractivity contribution in [3.63, 3.8) is 0 Å². The summed E-state index contributed by atoms with van der Waals surface area (Å²) in [5, 5.41) is 4.60. The molecule has 0 atom stereocenters. The maximum absolute atomic E-state index is 10.0. The zero-order valence-electron chi connectivity index (χ0n) is 6.25. The Bertz CT molecular complexity index is 257. The molecule has 4 heteroatoms. The zero-order valence-corrected chi connectivity index (χ0v) is 7.01. The molecular formula is C7H9ClN2O. The number of aromatic nitrogens is 2. The van der Waals surface area contributed by atoms with E-state index in [4.69, 9.17) is 11.6 Å². The van der Waals surface area contributed by atoms with Crippen molar-refractivity contribution in [2.75, 3.05) is 0 Å². The number of carbonyl (C=O) groups excluding carboxylic acids is 1. The summed E-state index contributed by atoms with van der Waals surface area (Å²) in [6.45, 7) is 2.45. The second-order valence-corrected chi connectivity index (χ2v) is 2.65. The topological polar surface area (TPSA) is 34.9 Å². The summed E-state index contributed by atoms with van der Waals surface area (Å²) in [5.74, 6) is 0. The van der Waals surface area contributed by atoms with E-state index >= 15 is 0 Å². The number of aryl methyl sites for hydroxylation is 2. The van der Waals surface area contributed by atoms with Gasteiger partial charge in [0, 0.05) is 18.5 Å². The van der Waals surface area contributed by atoms with Crippen molar-refractivity contribution in [1.29, 1.82) is 0 Å². The van der Waals surface area contributed by atoms with Gasteiger partial charge in [-0.2, -0.15) is 5.10 Å². The molecule has 0 saturated carbocycles.